The van der Waals surface area contributed by atoms with Crippen molar-refractivity contribution in [2.75, 3.05) is 7.11 Å². The first kappa shape index (κ1) is 14.3. The first-order valence-electron chi connectivity index (χ1n) is 6.57. The van der Waals surface area contributed by atoms with E-state index in [4.69, 9.17) is 14.0 Å². The highest BCUT2D eigenvalue weighted by Gasteiger charge is 2.14. The van der Waals surface area contributed by atoms with Crippen LogP contribution in [0.2, 0.25) is 0 Å². The second kappa shape index (κ2) is 6.44. The molecule has 3 rings (SSSR count). The molecular weight excluding hydrogens is 302 g/mol. The molecule has 3 aromatic rings. The molecule has 0 bridgehead atoms. The summed E-state index contributed by atoms with van der Waals surface area (Å²) in [6.07, 6.45) is 0. The molecule has 0 N–H and O–H groups in total. The predicted octanol–water partition coefficient (Wildman–Crippen LogP) is 3.77. The van der Waals surface area contributed by atoms with Gasteiger partial charge in [-0.2, -0.15) is 0 Å². The summed E-state index contributed by atoms with van der Waals surface area (Å²) in [6.45, 7) is 0.0474. The quantitative estimate of drug-likeness (QED) is 0.671. The maximum atomic E-state index is 12.1. The number of aromatic nitrogens is 1. The van der Waals surface area contributed by atoms with Crippen molar-refractivity contribution in [3.63, 3.8) is 0 Å². The zero-order chi connectivity index (χ0) is 15.4. The number of benzene rings is 1. The second-order valence-electron chi connectivity index (χ2n) is 4.44. The molecule has 0 atom stereocenters. The highest BCUT2D eigenvalue weighted by molar-refractivity contribution is 7.13. The molecule has 0 aliphatic carbocycles. The largest absolute Gasteiger partial charge is 0.496 e. The Morgan fingerprint density at radius 1 is 1.27 bits per heavy atom. The van der Waals surface area contributed by atoms with Crippen LogP contribution in [0.15, 0.2) is 52.4 Å². The lowest BCUT2D eigenvalue weighted by Gasteiger charge is -2.07. The van der Waals surface area contributed by atoms with Crippen LogP contribution >= 0.6 is 11.3 Å². The van der Waals surface area contributed by atoms with Gasteiger partial charge in [0.25, 0.3) is 0 Å². The average molecular weight is 315 g/mol. The van der Waals surface area contributed by atoms with Crippen LogP contribution in [0, 0.1) is 0 Å². The van der Waals surface area contributed by atoms with Crippen molar-refractivity contribution >= 4 is 17.3 Å². The molecule has 1 aromatic carbocycles. The fraction of sp³-hybridized carbons (Fsp3) is 0.125. The predicted molar refractivity (Wildman–Crippen MR) is 81.9 cm³/mol. The van der Waals surface area contributed by atoms with Gasteiger partial charge in [-0.05, 0) is 23.6 Å². The van der Waals surface area contributed by atoms with Gasteiger partial charge in [0.2, 0.25) is 0 Å². The Morgan fingerprint density at radius 2 is 2.14 bits per heavy atom. The summed E-state index contributed by atoms with van der Waals surface area (Å²) in [5.41, 5.74) is 0.943. The van der Waals surface area contributed by atoms with Crippen LogP contribution in [0.4, 0.5) is 0 Å². The Morgan fingerprint density at radius 3 is 2.91 bits per heavy atom. The highest BCUT2D eigenvalue weighted by Crippen LogP contribution is 2.25. The van der Waals surface area contributed by atoms with Crippen LogP contribution < -0.4 is 4.74 Å². The Balaban J connectivity index is 1.66. The molecule has 0 spiro atoms. The van der Waals surface area contributed by atoms with Gasteiger partial charge in [0, 0.05) is 6.07 Å². The van der Waals surface area contributed by atoms with Gasteiger partial charge in [0.05, 0.1) is 12.0 Å². The molecule has 0 saturated heterocycles. The third-order valence-electron chi connectivity index (χ3n) is 3.00. The fourth-order valence-electron chi connectivity index (χ4n) is 1.95. The van der Waals surface area contributed by atoms with Crippen molar-refractivity contribution < 1.29 is 18.8 Å². The lowest BCUT2D eigenvalue weighted by Crippen LogP contribution is -2.07. The summed E-state index contributed by atoms with van der Waals surface area (Å²) < 4.78 is 15.6. The van der Waals surface area contributed by atoms with Gasteiger partial charge in [-0.15, -0.1) is 11.3 Å². The number of ether oxygens (including phenoxy) is 2. The number of para-hydroxylation sites is 1. The van der Waals surface area contributed by atoms with Gasteiger partial charge in [-0.25, -0.2) is 4.79 Å². The number of nitrogens with zero attached hydrogens (tertiary/aromatic N) is 1. The first-order chi connectivity index (χ1) is 10.8. The smallest absolute Gasteiger partial charge is 0.342 e. The Hall–Kier alpha value is -2.60. The van der Waals surface area contributed by atoms with E-state index in [1.807, 2.05) is 17.5 Å². The van der Waals surface area contributed by atoms with Gasteiger partial charge in [0.15, 0.2) is 5.76 Å². The standard InChI is InChI=1S/C16H13NO4S/c1-19-13-6-3-2-5-12(13)16(18)20-10-11-9-14(21-17-11)15-7-4-8-22-15/h2-9H,10H2,1H3. The SMILES string of the molecule is COc1ccccc1C(=O)OCc1cc(-c2cccs2)on1. The van der Waals surface area contributed by atoms with Gasteiger partial charge < -0.3 is 14.0 Å². The number of thiophene rings is 1. The van der Waals surface area contributed by atoms with E-state index in [0.717, 1.165) is 4.88 Å². The van der Waals surface area contributed by atoms with Gasteiger partial charge >= 0.3 is 5.97 Å². The molecule has 2 heterocycles. The van der Waals surface area contributed by atoms with Crippen molar-refractivity contribution in [2.45, 2.75) is 6.61 Å². The van der Waals surface area contributed by atoms with Gasteiger partial charge in [-0.3, -0.25) is 0 Å². The number of carbonyl (C=O) groups excluding carboxylic acids is 1. The highest BCUT2D eigenvalue weighted by atomic mass is 32.1. The van der Waals surface area contributed by atoms with E-state index < -0.39 is 5.97 Å². The normalized spacial score (nSPS) is 10.4. The molecule has 0 fully saturated rings. The minimum Gasteiger partial charge on any atom is -0.496 e. The lowest BCUT2D eigenvalue weighted by atomic mass is 10.2. The lowest BCUT2D eigenvalue weighted by molar-refractivity contribution is 0.0460. The molecule has 0 unspecified atom stereocenters. The van der Waals surface area contributed by atoms with Crippen LogP contribution in [0.1, 0.15) is 16.1 Å². The van der Waals surface area contributed by atoms with Crippen LogP contribution in [0.3, 0.4) is 0 Å². The summed E-state index contributed by atoms with van der Waals surface area (Å²) in [6, 6.07) is 12.5. The molecule has 5 nitrogen and oxygen atoms in total. The van der Waals surface area contributed by atoms with Crippen molar-refractivity contribution in [1.29, 1.82) is 0 Å². The molecular formula is C16H13NO4S. The summed E-state index contributed by atoms with van der Waals surface area (Å²) in [5, 5.41) is 5.86. The summed E-state index contributed by atoms with van der Waals surface area (Å²) in [7, 11) is 1.51. The zero-order valence-electron chi connectivity index (χ0n) is 11.8. The summed E-state index contributed by atoms with van der Waals surface area (Å²) in [5.74, 6) is 0.684. The number of methoxy groups -OCH3 is 1. The molecule has 0 amide bonds. The minimum atomic E-state index is -0.460. The Labute approximate surface area is 131 Å². The second-order valence-corrected chi connectivity index (χ2v) is 5.38. The Bertz CT molecular complexity index is 764. The number of hydrogen-bond donors (Lipinski definition) is 0. The minimum absolute atomic E-state index is 0.0474. The number of hydrogen-bond acceptors (Lipinski definition) is 6. The van der Waals surface area contributed by atoms with E-state index in [1.165, 1.54) is 7.11 Å². The fourth-order valence-corrected chi connectivity index (χ4v) is 2.62. The van der Waals surface area contributed by atoms with Crippen molar-refractivity contribution in [1.82, 2.24) is 5.16 Å². The number of rotatable bonds is 5. The Kier molecular flexibility index (Phi) is 4.20. The van der Waals surface area contributed by atoms with Gasteiger partial charge in [-0.1, -0.05) is 23.4 Å². The topological polar surface area (TPSA) is 61.6 Å². The van der Waals surface area contributed by atoms with Crippen LogP contribution in [-0.2, 0) is 11.3 Å². The molecule has 0 aliphatic heterocycles. The van der Waals surface area contributed by atoms with E-state index >= 15 is 0 Å². The third kappa shape index (κ3) is 3.01. The number of esters is 1. The van der Waals surface area contributed by atoms with E-state index in [9.17, 15) is 4.79 Å². The summed E-state index contributed by atoms with van der Waals surface area (Å²) in [4.78, 5) is 13.1. The van der Waals surface area contributed by atoms with Crippen molar-refractivity contribution in [3.8, 4) is 16.4 Å². The van der Waals surface area contributed by atoms with Crippen molar-refractivity contribution in [2.24, 2.45) is 0 Å². The zero-order valence-corrected chi connectivity index (χ0v) is 12.6. The summed E-state index contributed by atoms with van der Waals surface area (Å²) >= 11 is 1.56. The van der Waals surface area contributed by atoms with Crippen molar-refractivity contribution in [3.05, 3.63) is 59.1 Å². The molecule has 22 heavy (non-hydrogen) atoms. The molecule has 0 saturated carbocycles. The van der Waals surface area contributed by atoms with E-state index in [2.05, 4.69) is 5.16 Å². The van der Waals surface area contributed by atoms with Crippen LogP contribution in [0.5, 0.6) is 5.75 Å². The van der Waals surface area contributed by atoms with Gasteiger partial charge in [0.1, 0.15) is 23.6 Å². The molecule has 0 radical (unpaired) electrons. The van der Waals surface area contributed by atoms with E-state index in [-0.39, 0.29) is 6.61 Å². The van der Waals surface area contributed by atoms with E-state index in [1.54, 1.807) is 41.7 Å². The molecule has 0 aliphatic rings. The van der Waals surface area contributed by atoms with E-state index in [0.29, 0.717) is 22.8 Å². The molecule has 6 heteroatoms. The monoisotopic (exact) mass is 315 g/mol. The third-order valence-corrected chi connectivity index (χ3v) is 3.89. The van der Waals surface area contributed by atoms with Crippen LogP contribution in [-0.4, -0.2) is 18.2 Å². The van der Waals surface area contributed by atoms with Crippen LogP contribution in [0.25, 0.3) is 10.6 Å². The molecule has 112 valence electrons. The molecule has 2 aromatic heterocycles. The average Bonchev–Trinajstić information content (AvgIpc) is 3.23. The first-order valence-corrected chi connectivity index (χ1v) is 7.45. The maximum absolute atomic E-state index is 12.1. The maximum Gasteiger partial charge on any atom is 0.342 e. The number of carbonyl (C=O) groups is 1.